The topological polar surface area (TPSA) is 112 Å². The van der Waals surface area contributed by atoms with Crippen molar-refractivity contribution < 1.29 is 13.5 Å². The Morgan fingerprint density at radius 3 is 2.57 bits per heavy atom. The summed E-state index contributed by atoms with van der Waals surface area (Å²) in [7, 11) is -3.62. The maximum atomic E-state index is 12.5. The quantitative estimate of drug-likeness (QED) is 0.483. The van der Waals surface area contributed by atoms with Crippen molar-refractivity contribution in [3.63, 3.8) is 0 Å². The molecular weight excluding hydrogens is 318 g/mol. The van der Waals surface area contributed by atoms with Crippen LogP contribution in [0.4, 0.5) is 5.82 Å². The summed E-state index contributed by atoms with van der Waals surface area (Å²) in [5.41, 5.74) is 2.29. The summed E-state index contributed by atoms with van der Waals surface area (Å²) in [4.78, 5) is 5.94. The molecule has 1 aromatic rings. The van der Waals surface area contributed by atoms with E-state index in [-0.39, 0.29) is 22.3 Å². The number of halogens is 1. The number of hydrogen-bond acceptors (Lipinski definition) is 7. The second-order valence-corrected chi connectivity index (χ2v) is 6.96. The highest BCUT2D eigenvalue weighted by molar-refractivity contribution is 7.89. The minimum absolute atomic E-state index is 0.0436. The second-order valence-electron chi connectivity index (χ2n) is 4.62. The lowest BCUT2D eigenvalue weighted by Gasteiger charge is -2.33. The summed E-state index contributed by atoms with van der Waals surface area (Å²) < 4.78 is 26.4. The molecule has 1 saturated heterocycles. The van der Waals surface area contributed by atoms with Gasteiger partial charge in [0.15, 0.2) is 5.82 Å². The van der Waals surface area contributed by atoms with E-state index in [1.807, 2.05) is 4.90 Å². The summed E-state index contributed by atoms with van der Waals surface area (Å²) in [5, 5.41) is 9.04. The first-order chi connectivity index (χ1) is 9.98. The highest BCUT2D eigenvalue weighted by atomic mass is 35.5. The van der Waals surface area contributed by atoms with E-state index < -0.39 is 10.0 Å². The molecule has 0 saturated carbocycles. The first-order valence-electron chi connectivity index (χ1n) is 6.44. The lowest BCUT2D eigenvalue weighted by Crippen LogP contribution is -2.49. The van der Waals surface area contributed by atoms with Crippen molar-refractivity contribution in [2.45, 2.75) is 4.90 Å². The Morgan fingerprint density at radius 2 is 2.05 bits per heavy atom. The molecule has 4 N–H and O–H groups in total. The number of hydrazine groups is 1. The fourth-order valence-corrected chi connectivity index (χ4v) is 3.83. The molecule has 0 spiro atoms. The van der Waals surface area contributed by atoms with Crippen LogP contribution in [0.15, 0.2) is 17.2 Å². The van der Waals surface area contributed by atoms with Gasteiger partial charge in [-0.2, -0.15) is 4.31 Å². The lowest BCUT2D eigenvalue weighted by atomic mass is 10.4. The molecule has 2 heterocycles. The number of piperazine rings is 1. The van der Waals surface area contributed by atoms with Crippen LogP contribution in [0.5, 0.6) is 0 Å². The zero-order valence-electron chi connectivity index (χ0n) is 11.4. The van der Waals surface area contributed by atoms with Crippen molar-refractivity contribution in [3.8, 4) is 0 Å². The highest BCUT2D eigenvalue weighted by Crippen LogP contribution is 2.24. The van der Waals surface area contributed by atoms with Gasteiger partial charge in [0.25, 0.3) is 0 Å². The van der Waals surface area contributed by atoms with Crippen molar-refractivity contribution >= 4 is 27.4 Å². The van der Waals surface area contributed by atoms with E-state index in [1.165, 1.54) is 16.6 Å². The van der Waals surface area contributed by atoms with E-state index in [4.69, 9.17) is 22.6 Å². The first kappa shape index (κ1) is 16.4. The van der Waals surface area contributed by atoms with E-state index in [1.54, 1.807) is 0 Å². The number of aromatic nitrogens is 1. The Hall–Kier alpha value is -0.970. The van der Waals surface area contributed by atoms with Gasteiger partial charge in [0.1, 0.15) is 4.90 Å². The summed E-state index contributed by atoms with van der Waals surface area (Å²) in [6.07, 6.45) is 1.23. The molecule has 118 valence electrons. The number of nitrogens with one attached hydrogen (secondary N) is 1. The van der Waals surface area contributed by atoms with E-state index >= 15 is 0 Å². The van der Waals surface area contributed by atoms with Gasteiger partial charge in [-0.1, -0.05) is 11.6 Å². The minimum Gasteiger partial charge on any atom is -0.395 e. The number of aliphatic hydroxyl groups is 1. The van der Waals surface area contributed by atoms with Crippen LogP contribution >= 0.6 is 11.6 Å². The molecule has 1 aromatic heterocycles. The Balaban J connectivity index is 2.14. The van der Waals surface area contributed by atoms with Gasteiger partial charge < -0.3 is 10.5 Å². The van der Waals surface area contributed by atoms with E-state index in [2.05, 4.69) is 10.4 Å². The SMILES string of the molecule is NNc1ncc(S(=O)(=O)N2CCN(CCO)CC2)cc1Cl. The maximum absolute atomic E-state index is 12.5. The zero-order chi connectivity index (χ0) is 15.5. The molecule has 2 rings (SSSR count). The van der Waals surface area contributed by atoms with Gasteiger partial charge in [0, 0.05) is 38.9 Å². The number of nitrogens with two attached hydrogens (primary N) is 1. The summed E-state index contributed by atoms with van der Waals surface area (Å²) in [6.45, 7) is 2.54. The van der Waals surface area contributed by atoms with E-state index in [9.17, 15) is 8.42 Å². The smallest absolute Gasteiger partial charge is 0.244 e. The van der Waals surface area contributed by atoms with Crippen molar-refractivity contribution in [2.75, 3.05) is 44.8 Å². The highest BCUT2D eigenvalue weighted by Gasteiger charge is 2.29. The predicted molar refractivity (Wildman–Crippen MR) is 79.3 cm³/mol. The zero-order valence-corrected chi connectivity index (χ0v) is 12.9. The third-order valence-corrected chi connectivity index (χ3v) is 5.49. The third-order valence-electron chi connectivity index (χ3n) is 3.34. The van der Waals surface area contributed by atoms with Crippen LogP contribution in [0, 0.1) is 0 Å². The minimum atomic E-state index is -3.62. The molecule has 21 heavy (non-hydrogen) atoms. The fourth-order valence-electron chi connectivity index (χ4n) is 2.15. The largest absolute Gasteiger partial charge is 0.395 e. The monoisotopic (exact) mass is 335 g/mol. The molecule has 0 amide bonds. The molecule has 1 aliphatic heterocycles. The first-order valence-corrected chi connectivity index (χ1v) is 8.26. The number of hydrogen-bond donors (Lipinski definition) is 3. The number of pyridine rings is 1. The average molecular weight is 336 g/mol. The molecule has 0 aromatic carbocycles. The van der Waals surface area contributed by atoms with Gasteiger partial charge in [-0.25, -0.2) is 19.2 Å². The second kappa shape index (κ2) is 6.86. The van der Waals surface area contributed by atoms with Crippen molar-refractivity contribution in [3.05, 3.63) is 17.3 Å². The molecule has 0 unspecified atom stereocenters. The van der Waals surface area contributed by atoms with E-state index in [0.717, 1.165) is 0 Å². The van der Waals surface area contributed by atoms with Gasteiger partial charge in [0.05, 0.1) is 11.6 Å². The summed E-state index contributed by atoms with van der Waals surface area (Å²) >= 11 is 5.91. The van der Waals surface area contributed by atoms with Gasteiger partial charge in [-0.15, -0.1) is 0 Å². The molecule has 0 aliphatic carbocycles. The van der Waals surface area contributed by atoms with E-state index in [0.29, 0.717) is 32.7 Å². The van der Waals surface area contributed by atoms with Crippen LogP contribution < -0.4 is 11.3 Å². The van der Waals surface area contributed by atoms with Crippen LogP contribution in [-0.4, -0.2) is 67.0 Å². The Bertz CT molecular complexity index is 590. The molecule has 0 radical (unpaired) electrons. The van der Waals surface area contributed by atoms with Crippen molar-refractivity contribution in [1.29, 1.82) is 0 Å². The fraction of sp³-hybridized carbons (Fsp3) is 0.545. The number of anilines is 1. The van der Waals surface area contributed by atoms with Crippen LogP contribution in [-0.2, 0) is 10.0 Å². The van der Waals surface area contributed by atoms with Crippen molar-refractivity contribution in [2.24, 2.45) is 5.84 Å². The molecule has 0 bridgehead atoms. The van der Waals surface area contributed by atoms with Gasteiger partial charge >= 0.3 is 0 Å². The van der Waals surface area contributed by atoms with Crippen LogP contribution in [0.3, 0.4) is 0 Å². The number of aliphatic hydroxyl groups excluding tert-OH is 1. The maximum Gasteiger partial charge on any atom is 0.244 e. The Kier molecular flexibility index (Phi) is 5.36. The Morgan fingerprint density at radius 1 is 1.38 bits per heavy atom. The lowest BCUT2D eigenvalue weighted by molar-refractivity contribution is 0.151. The molecule has 1 fully saturated rings. The summed E-state index contributed by atoms with van der Waals surface area (Å²) in [6, 6.07) is 1.33. The van der Waals surface area contributed by atoms with Crippen LogP contribution in [0.25, 0.3) is 0 Å². The number of nitrogens with zero attached hydrogens (tertiary/aromatic N) is 3. The van der Waals surface area contributed by atoms with Gasteiger partial charge in [-0.3, -0.25) is 4.90 Å². The van der Waals surface area contributed by atoms with Gasteiger partial charge in [-0.05, 0) is 6.07 Å². The molecule has 10 heteroatoms. The number of rotatable bonds is 5. The Labute approximate surface area is 128 Å². The molecule has 1 aliphatic rings. The van der Waals surface area contributed by atoms with Crippen LogP contribution in [0.1, 0.15) is 0 Å². The van der Waals surface area contributed by atoms with Gasteiger partial charge in [0.2, 0.25) is 10.0 Å². The van der Waals surface area contributed by atoms with Crippen LogP contribution in [0.2, 0.25) is 5.02 Å². The molecule has 0 atom stereocenters. The number of nitrogen functional groups attached to an aromatic ring is 1. The molecular formula is C11H18ClN5O3S. The molecule has 8 nitrogen and oxygen atoms in total. The van der Waals surface area contributed by atoms with Crippen molar-refractivity contribution in [1.82, 2.24) is 14.2 Å². The standard InChI is InChI=1S/C11H18ClN5O3S/c12-10-7-9(8-14-11(10)15-13)21(19,20)17-3-1-16(2-4-17)5-6-18/h7-8,18H,1-6,13H2,(H,14,15). The summed E-state index contributed by atoms with van der Waals surface area (Å²) in [5.74, 6) is 5.44. The average Bonchev–Trinajstić information content (AvgIpc) is 2.48. The number of sulfonamides is 1. The number of β-amino-alcohol motifs (C(OH)–C–C–N with tert-alkyl or cyclic N) is 1. The normalized spacial score (nSPS) is 17.9. The predicted octanol–water partition coefficient (Wildman–Crippen LogP) is -0.681. The third kappa shape index (κ3) is 3.62.